The summed E-state index contributed by atoms with van der Waals surface area (Å²) < 4.78 is 5.39. The highest BCUT2D eigenvalue weighted by Crippen LogP contribution is 2.50. The Hall–Kier alpha value is -2.05. The third-order valence-corrected chi connectivity index (χ3v) is 6.11. The standard InChI is InChI=1S/C20H31N3O4/c1-5-20(8-6-7-9-20)15(22-18(26)27-19(2,3)4)17(25)23-13-10-12(13)11-14(23)16(21)24/h5,12-15H,1,6-11H2,2-4H3,(H2,21,24)(H,22,26). The summed E-state index contributed by atoms with van der Waals surface area (Å²) in [5.41, 5.74) is 4.36. The molecule has 4 atom stereocenters. The lowest BCUT2D eigenvalue weighted by atomic mass is 9.77. The number of likely N-dealkylation sites (tertiary alicyclic amines) is 1. The molecule has 0 bridgehead atoms. The van der Waals surface area contributed by atoms with Crippen LogP contribution in [0, 0.1) is 11.3 Å². The largest absolute Gasteiger partial charge is 0.444 e. The van der Waals surface area contributed by atoms with E-state index in [2.05, 4.69) is 11.9 Å². The molecule has 1 saturated heterocycles. The summed E-state index contributed by atoms with van der Waals surface area (Å²) >= 11 is 0. The Kier molecular flexibility index (Phi) is 4.99. The maximum absolute atomic E-state index is 13.5. The van der Waals surface area contributed by atoms with Gasteiger partial charge in [0.25, 0.3) is 0 Å². The van der Waals surface area contributed by atoms with Gasteiger partial charge >= 0.3 is 6.09 Å². The first-order valence-electron chi connectivity index (χ1n) is 9.82. The van der Waals surface area contributed by atoms with Gasteiger partial charge in [-0.2, -0.15) is 0 Å². The van der Waals surface area contributed by atoms with E-state index in [9.17, 15) is 14.4 Å². The van der Waals surface area contributed by atoms with Gasteiger partial charge in [-0.15, -0.1) is 6.58 Å². The maximum atomic E-state index is 13.5. The smallest absolute Gasteiger partial charge is 0.408 e. The molecule has 3 aliphatic rings. The minimum absolute atomic E-state index is 0.0567. The predicted octanol–water partition coefficient (Wildman–Crippen LogP) is 2.10. The zero-order valence-electron chi connectivity index (χ0n) is 16.5. The summed E-state index contributed by atoms with van der Waals surface area (Å²) in [7, 11) is 0. The van der Waals surface area contributed by atoms with Gasteiger partial charge in [-0.3, -0.25) is 9.59 Å². The molecule has 2 aliphatic carbocycles. The molecule has 3 rings (SSSR count). The first-order valence-corrected chi connectivity index (χ1v) is 9.82. The van der Waals surface area contributed by atoms with Gasteiger partial charge in [-0.25, -0.2) is 4.79 Å². The first kappa shape index (κ1) is 19.7. The topological polar surface area (TPSA) is 102 Å². The van der Waals surface area contributed by atoms with Crippen molar-refractivity contribution < 1.29 is 19.1 Å². The van der Waals surface area contributed by atoms with Crippen molar-refractivity contribution in [3.8, 4) is 0 Å². The van der Waals surface area contributed by atoms with Crippen LogP contribution in [-0.4, -0.2) is 46.5 Å². The number of amides is 3. The molecule has 2 saturated carbocycles. The van der Waals surface area contributed by atoms with E-state index in [0.29, 0.717) is 12.3 Å². The average molecular weight is 377 g/mol. The SMILES string of the molecule is C=CC1(C(NC(=O)OC(C)(C)C)C(=O)N2C(C(N)=O)CC3CC32)CCCC1. The van der Waals surface area contributed by atoms with Crippen LogP contribution < -0.4 is 11.1 Å². The highest BCUT2D eigenvalue weighted by Gasteiger charge is 2.58. The van der Waals surface area contributed by atoms with Crippen molar-refractivity contribution in [1.29, 1.82) is 0 Å². The van der Waals surface area contributed by atoms with E-state index in [1.54, 1.807) is 31.7 Å². The van der Waals surface area contributed by atoms with Crippen molar-refractivity contribution in [2.75, 3.05) is 0 Å². The summed E-state index contributed by atoms with van der Waals surface area (Å²) in [6, 6.07) is -1.33. The van der Waals surface area contributed by atoms with E-state index in [1.165, 1.54) is 0 Å². The molecule has 27 heavy (non-hydrogen) atoms. The molecule has 0 spiro atoms. The highest BCUT2D eigenvalue weighted by molar-refractivity contribution is 5.93. The number of carbonyl (C=O) groups is 3. The van der Waals surface area contributed by atoms with E-state index < -0.39 is 35.1 Å². The average Bonchev–Trinajstić information content (AvgIpc) is 3.01. The molecule has 1 heterocycles. The number of ether oxygens (including phenoxy) is 1. The Bertz CT molecular complexity index is 648. The summed E-state index contributed by atoms with van der Waals surface area (Å²) in [6.07, 6.45) is 6.16. The van der Waals surface area contributed by atoms with E-state index in [1.807, 2.05) is 0 Å². The Balaban J connectivity index is 1.87. The van der Waals surface area contributed by atoms with Crippen molar-refractivity contribution in [2.24, 2.45) is 17.1 Å². The second-order valence-corrected chi connectivity index (χ2v) is 9.19. The number of alkyl carbamates (subject to hydrolysis) is 1. The van der Waals surface area contributed by atoms with E-state index in [0.717, 1.165) is 32.1 Å². The molecule has 7 heteroatoms. The molecule has 150 valence electrons. The summed E-state index contributed by atoms with van der Waals surface area (Å²) in [5, 5.41) is 2.81. The number of nitrogens with two attached hydrogens (primary N) is 1. The van der Waals surface area contributed by atoms with Gasteiger partial charge in [0.15, 0.2) is 0 Å². The molecule has 0 aromatic heterocycles. The Morgan fingerprint density at radius 2 is 1.89 bits per heavy atom. The van der Waals surface area contributed by atoms with Crippen molar-refractivity contribution in [3.63, 3.8) is 0 Å². The van der Waals surface area contributed by atoms with Crippen LogP contribution in [0.15, 0.2) is 12.7 Å². The van der Waals surface area contributed by atoms with Crippen LogP contribution in [0.3, 0.4) is 0 Å². The number of rotatable bonds is 5. The van der Waals surface area contributed by atoms with Gasteiger partial charge < -0.3 is 20.7 Å². The Labute approximate surface area is 160 Å². The fourth-order valence-electron chi connectivity index (χ4n) is 4.70. The monoisotopic (exact) mass is 377 g/mol. The highest BCUT2D eigenvalue weighted by atomic mass is 16.6. The Morgan fingerprint density at radius 3 is 2.41 bits per heavy atom. The minimum Gasteiger partial charge on any atom is -0.444 e. The molecular weight excluding hydrogens is 346 g/mol. The van der Waals surface area contributed by atoms with Crippen molar-refractivity contribution in [1.82, 2.24) is 10.2 Å². The first-order chi connectivity index (χ1) is 12.6. The second kappa shape index (κ2) is 6.84. The van der Waals surface area contributed by atoms with E-state index >= 15 is 0 Å². The van der Waals surface area contributed by atoms with E-state index in [4.69, 9.17) is 10.5 Å². The lowest BCUT2D eigenvalue weighted by Gasteiger charge is -2.38. The van der Waals surface area contributed by atoms with Gasteiger partial charge in [-0.05, 0) is 52.4 Å². The molecule has 7 nitrogen and oxygen atoms in total. The number of hydrogen-bond donors (Lipinski definition) is 2. The number of carbonyl (C=O) groups excluding carboxylic acids is 3. The molecule has 1 aliphatic heterocycles. The van der Waals surface area contributed by atoms with Crippen molar-refractivity contribution >= 4 is 17.9 Å². The third kappa shape index (κ3) is 3.82. The summed E-state index contributed by atoms with van der Waals surface area (Å²) in [5.74, 6) is -0.376. The molecule has 3 amide bonds. The van der Waals surface area contributed by atoms with Crippen LogP contribution >= 0.6 is 0 Å². The molecule has 0 radical (unpaired) electrons. The number of nitrogens with zero attached hydrogens (tertiary/aromatic N) is 1. The number of fused-ring (bicyclic) bond motifs is 1. The molecule has 3 fully saturated rings. The lowest BCUT2D eigenvalue weighted by Crippen LogP contribution is -2.59. The third-order valence-electron chi connectivity index (χ3n) is 6.11. The van der Waals surface area contributed by atoms with Gasteiger partial charge in [-0.1, -0.05) is 18.9 Å². The van der Waals surface area contributed by atoms with Crippen LogP contribution in [0.25, 0.3) is 0 Å². The van der Waals surface area contributed by atoms with Gasteiger partial charge in [0.1, 0.15) is 17.7 Å². The van der Waals surface area contributed by atoms with Crippen LogP contribution in [0.2, 0.25) is 0 Å². The van der Waals surface area contributed by atoms with Gasteiger partial charge in [0.2, 0.25) is 11.8 Å². The summed E-state index contributed by atoms with van der Waals surface area (Å²) in [4.78, 5) is 39.5. The quantitative estimate of drug-likeness (QED) is 0.716. The van der Waals surface area contributed by atoms with Crippen LogP contribution in [-0.2, 0) is 14.3 Å². The fourth-order valence-corrected chi connectivity index (χ4v) is 4.70. The zero-order valence-corrected chi connectivity index (χ0v) is 16.5. The fraction of sp³-hybridized carbons (Fsp3) is 0.750. The van der Waals surface area contributed by atoms with Gasteiger partial charge in [0.05, 0.1) is 0 Å². The number of nitrogens with one attached hydrogen (secondary N) is 1. The molecule has 3 N–H and O–H groups in total. The summed E-state index contributed by atoms with van der Waals surface area (Å²) in [6.45, 7) is 9.29. The number of piperidine rings is 1. The maximum Gasteiger partial charge on any atom is 0.408 e. The van der Waals surface area contributed by atoms with Crippen LogP contribution in [0.5, 0.6) is 0 Å². The minimum atomic E-state index is -0.798. The molecule has 4 unspecified atom stereocenters. The van der Waals surface area contributed by atoms with Crippen molar-refractivity contribution in [3.05, 3.63) is 12.7 Å². The van der Waals surface area contributed by atoms with Gasteiger partial charge in [0, 0.05) is 11.5 Å². The number of hydrogen-bond acceptors (Lipinski definition) is 4. The Morgan fingerprint density at radius 1 is 1.26 bits per heavy atom. The molecule has 0 aromatic carbocycles. The van der Waals surface area contributed by atoms with Crippen molar-refractivity contribution in [2.45, 2.75) is 83.0 Å². The zero-order chi connectivity index (χ0) is 20.0. The normalized spacial score (nSPS) is 29.6. The molecular formula is C20H31N3O4. The predicted molar refractivity (Wildman–Crippen MR) is 101 cm³/mol. The van der Waals surface area contributed by atoms with Crippen LogP contribution in [0.1, 0.15) is 59.3 Å². The number of primary amides is 1. The van der Waals surface area contributed by atoms with Crippen LogP contribution in [0.4, 0.5) is 4.79 Å². The lowest BCUT2D eigenvalue weighted by molar-refractivity contribution is -0.142. The second-order valence-electron chi connectivity index (χ2n) is 9.19. The van der Waals surface area contributed by atoms with E-state index in [-0.39, 0.29) is 11.9 Å². The molecule has 0 aromatic rings.